The number of hydrogen-bond donors (Lipinski definition) is 2. The number of sulfonamides is 1. The number of rotatable bonds is 6. The highest BCUT2D eigenvalue weighted by atomic mass is 32.2. The maximum Gasteiger partial charge on any atom is 0.241 e. The summed E-state index contributed by atoms with van der Waals surface area (Å²) < 4.78 is 27.3. The Kier molecular flexibility index (Phi) is 5.10. The summed E-state index contributed by atoms with van der Waals surface area (Å²) in [6.07, 6.45) is 2.66. The Hall–Kier alpha value is -1.28. The highest BCUT2D eigenvalue weighted by Gasteiger charge is 2.17. The second-order valence-electron chi connectivity index (χ2n) is 4.66. The minimum atomic E-state index is -3.61. The molecule has 0 fully saturated rings. The largest absolute Gasteiger partial charge is 0.392 e. The molecule has 0 radical (unpaired) electrons. The van der Waals surface area contributed by atoms with E-state index in [9.17, 15) is 8.42 Å². The van der Waals surface area contributed by atoms with Crippen molar-refractivity contribution in [1.82, 2.24) is 9.71 Å². The van der Waals surface area contributed by atoms with Crippen LogP contribution in [0.2, 0.25) is 0 Å². The van der Waals surface area contributed by atoms with Gasteiger partial charge in [-0.1, -0.05) is 19.1 Å². The van der Waals surface area contributed by atoms with Crippen LogP contribution in [0.25, 0.3) is 0 Å². The van der Waals surface area contributed by atoms with Gasteiger partial charge >= 0.3 is 0 Å². The molecule has 0 aliphatic heterocycles. The predicted octanol–water partition coefficient (Wildman–Crippen LogP) is 1.98. The zero-order valence-corrected chi connectivity index (χ0v) is 13.6. The van der Waals surface area contributed by atoms with E-state index in [-0.39, 0.29) is 18.0 Å². The molecular weight excluding hydrogens is 308 g/mol. The lowest BCUT2D eigenvalue weighted by Crippen LogP contribution is -2.24. The summed E-state index contributed by atoms with van der Waals surface area (Å²) in [5.41, 5.74) is 1.22. The van der Waals surface area contributed by atoms with Gasteiger partial charge in [0.1, 0.15) is 5.01 Å². The SMILES string of the molecule is CCc1cnc(CNS(=O)(=O)c2cc(CO)ccc2C)s1. The van der Waals surface area contributed by atoms with E-state index in [1.54, 1.807) is 25.3 Å². The molecule has 0 aliphatic carbocycles. The van der Waals surface area contributed by atoms with E-state index in [1.807, 2.05) is 6.92 Å². The average molecular weight is 326 g/mol. The molecule has 0 saturated carbocycles. The smallest absolute Gasteiger partial charge is 0.241 e. The summed E-state index contributed by atoms with van der Waals surface area (Å²) in [6.45, 7) is 3.75. The van der Waals surface area contributed by atoms with Crippen molar-refractivity contribution < 1.29 is 13.5 Å². The monoisotopic (exact) mass is 326 g/mol. The lowest BCUT2D eigenvalue weighted by atomic mass is 10.2. The average Bonchev–Trinajstić information content (AvgIpc) is 2.94. The summed E-state index contributed by atoms with van der Waals surface area (Å²) in [4.78, 5) is 5.51. The molecule has 114 valence electrons. The van der Waals surface area contributed by atoms with Crippen molar-refractivity contribution in [3.63, 3.8) is 0 Å². The normalized spacial score (nSPS) is 11.8. The molecule has 0 spiro atoms. The van der Waals surface area contributed by atoms with E-state index in [4.69, 9.17) is 5.11 Å². The van der Waals surface area contributed by atoms with Crippen molar-refractivity contribution >= 4 is 21.4 Å². The quantitative estimate of drug-likeness (QED) is 0.851. The minimum absolute atomic E-state index is 0.176. The van der Waals surface area contributed by atoms with Crippen molar-refractivity contribution in [2.24, 2.45) is 0 Å². The van der Waals surface area contributed by atoms with Crippen molar-refractivity contribution in [3.05, 3.63) is 45.4 Å². The zero-order chi connectivity index (χ0) is 15.5. The van der Waals surface area contributed by atoms with Crippen LogP contribution in [0.5, 0.6) is 0 Å². The molecule has 0 aliphatic rings. The molecule has 0 saturated heterocycles. The van der Waals surface area contributed by atoms with Gasteiger partial charge in [-0.15, -0.1) is 11.3 Å². The molecule has 0 atom stereocenters. The Labute approximate surface area is 128 Å². The standard InChI is InChI=1S/C14H18N2O3S2/c1-3-12-7-15-14(20-12)8-16-21(18,19)13-6-11(9-17)5-4-10(13)2/h4-7,16-17H,3,8-9H2,1-2H3. The number of benzene rings is 1. The van der Waals surface area contributed by atoms with Crippen LogP contribution in [0.15, 0.2) is 29.3 Å². The fraction of sp³-hybridized carbons (Fsp3) is 0.357. The molecule has 2 aromatic rings. The van der Waals surface area contributed by atoms with Crippen LogP contribution < -0.4 is 4.72 Å². The number of thiazole rings is 1. The summed E-state index contributed by atoms with van der Waals surface area (Å²) in [7, 11) is -3.61. The molecule has 5 nitrogen and oxygen atoms in total. The van der Waals surface area contributed by atoms with Gasteiger partial charge < -0.3 is 5.11 Å². The third-order valence-electron chi connectivity index (χ3n) is 3.09. The maximum atomic E-state index is 12.4. The first-order valence-electron chi connectivity index (χ1n) is 6.60. The number of aryl methyl sites for hydroxylation is 2. The molecule has 1 aromatic carbocycles. The summed E-state index contributed by atoms with van der Waals surface area (Å²) in [6, 6.07) is 4.90. The van der Waals surface area contributed by atoms with Gasteiger partial charge in [-0.05, 0) is 30.5 Å². The summed E-state index contributed by atoms with van der Waals surface area (Å²) in [5, 5.41) is 9.87. The van der Waals surface area contributed by atoms with Crippen LogP contribution in [0.4, 0.5) is 0 Å². The van der Waals surface area contributed by atoms with E-state index in [0.717, 1.165) is 16.3 Å². The van der Waals surface area contributed by atoms with E-state index >= 15 is 0 Å². The molecule has 0 unspecified atom stereocenters. The van der Waals surface area contributed by atoms with E-state index in [0.29, 0.717) is 11.1 Å². The van der Waals surface area contributed by atoms with Crippen LogP contribution >= 0.6 is 11.3 Å². The number of aliphatic hydroxyl groups is 1. The molecule has 2 N–H and O–H groups in total. The molecule has 1 heterocycles. The molecule has 7 heteroatoms. The van der Waals surface area contributed by atoms with E-state index in [1.165, 1.54) is 17.4 Å². The number of aromatic nitrogens is 1. The summed E-state index contributed by atoms with van der Waals surface area (Å²) >= 11 is 1.50. The molecule has 21 heavy (non-hydrogen) atoms. The highest BCUT2D eigenvalue weighted by molar-refractivity contribution is 7.89. The van der Waals surface area contributed by atoms with Gasteiger partial charge in [-0.25, -0.2) is 18.1 Å². The van der Waals surface area contributed by atoms with Crippen molar-refractivity contribution in [2.45, 2.75) is 38.3 Å². The van der Waals surface area contributed by atoms with Crippen molar-refractivity contribution in [1.29, 1.82) is 0 Å². The molecule has 2 rings (SSSR count). The van der Waals surface area contributed by atoms with Gasteiger partial charge in [-0.3, -0.25) is 0 Å². The molecule has 1 aromatic heterocycles. The molecule has 0 amide bonds. The zero-order valence-electron chi connectivity index (χ0n) is 12.0. The van der Waals surface area contributed by atoms with Crippen LogP contribution in [0.3, 0.4) is 0 Å². The van der Waals surface area contributed by atoms with Crippen LogP contribution in [-0.4, -0.2) is 18.5 Å². The lowest BCUT2D eigenvalue weighted by molar-refractivity contribution is 0.281. The Balaban J connectivity index is 2.18. The van der Waals surface area contributed by atoms with Crippen LogP contribution in [-0.2, 0) is 29.6 Å². The maximum absolute atomic E-state index is 12.4. The van der Waals surface area contributed by atoms with Gasteiger partial charge in [-0.2, -0.15) is 0 Å². The molecular formula is C14H18N2O3S2. The fourth-order valence-corrected chi connectivity index (χ4v) is 4.03. The van der Waals surface area contributed by atoms with E-state index < -0.39 is 10.0 Å². The molecule has 0 bridgehead atoms. The minimum Gasteiger partial charge on any atom is -0.392 e. The topological polar surface area (TPSA) is 79.3 Å². The number of nitrogens with one attached hydrogen (secondary N) is 1. The lowest BCUT2D eigenvalue weighted by Gasteiger charge is -2.09. The first-order valence-corrected chi connectivity index (χ1v) is 8.90. The van der Waals surface area contributed by atoms with Gasteiger partial charge in [0.2, 0.25) is 10.0 Å². The van der Waals surface area contributed by atoms with Crippen molar-refractivity contribution in [2.75, 3.05) is 0 Å². The van der Waals surface area contributed by atoms with Gasteiger partial charge in [0.05, 0.1) is 18.0 Å². The Morgan fingerprint density at radius 2 is 2.14 bits per heavy atom. The third kappa shape index (κ3) is 3.88. The van der Waals surface area contributed by atoms with Crippen molar-refractivity contribution in [3.8, 4) is 0 Å². The number of nitrogens with zero attached hydrogens (tertiary/aromatic N) is 1. The number of hydrogen-bond acceptors (Lipinski definition) is 5. The van der Waals surface area contributed by atoms with Gasteiger partial charge in [0, 0.05) is 11.1 Å². The first-order chi connectivity index (χ1) is 9.96. The first kappa shape index (κ1) is 16.1. The van der Waals surface area contributed by atoms with Crippen LogP contribution in [0.1, 0.15) is 27.9 Å². The Morgan fingerprint density at radius 1 is 1.38 bits per heavy atom. The fourth-order valence-electron chi connectivity index (χ4n) is 1.86. The van der Waals surface area contributed by atoms with E-state index in [2.05, 4.69) is 9.71 Å². The number of aliphatic hydroxyl groups excluding tert-OH is 1. The summed E-state index contributed by atoms with van der Waals surface area (Å²) in [5.74, 6) is 0. The van der Waals surface area contributed by atoms with Gasteiger partial charge in [0.25, 0.3) is 0 Å². The van der Waals surface area contributed by atoms with Crippen LogP contribution in [0, 0.1) is 6.92 Å². The highest BCUT2D eigenvalue weighted by Crippen LogP contribution is 2.18. The second-order valence-corrected chi connectivity index (χ2v) is 7.59. The predicted molar refractivity (Wildman–Crippen MR) is 82.6 cm³/mol. The second kappa shape index (κ2) is 6.65. The Bertz CT molecular complexity index is 724. The Morgan fingerprint density at radius 3 is 2.76 bits per heavy atom. The van der Waals surface area contributed by atoms with Gasteiger partial charge in [0.15, 0.2) is 0 Å². The third-order valence-corrected chi connectivity index (χ3v) is 5.77.